The van der Waals surface area contributed by atoms with E-state index in [9.17, 15) is 19.6 Å². The maximum absolute atomic E-state index is 12.3. The third-order valence-electron chi connectivity index (χ3n) is 4.10. The molecule has 122 valence electrons. The number of nitrogens with one attached hydrogen (secondary N) is 2. The van der Waals surface area contributed by atoms with Gasteiger partial charge in [0.25, 0.3) is 5.91 Å². The highest BCUT2D eigenvalue weighted by Gasteiger charge is 2.47. The average Bonchev–Trinajstić information content (AvgIpc) is 2.88. The molecule has 0 aromatic carbocycles. The lowest BCUT2D eigenvalue weighted by Crippen LogP contribution is -2.44. The number of amides is 4. The minimum absolute atomic E-state index is 0.374. The van der Waals surface area contributed by atoms with Gasteiger partial charge < -0.3 is 10.6 Å². The second kappa shape index (κ2) is 6.01. The number of imide groups is 1. The first kappa shape index (κ1) is 17.0. The zero-order valence-electron chi connectivity index (χ0n) is 13.4. The van der Waals surface area contributed by atoms with Crippen LogP contribution < -0.4 is 10.6 Å². The van der Waals surface area contributed by atoms with Crippen LogP contribution in [0.1, 0.15) is 36.3 Å². The lowest BCUT2D eigenvalue weighted by molar-refractivity contribution is -0.133. The monoisotopic (exact) mass is 334 g/mol. The van der Waals surface area contributed by atoms with E-state index in [-0.39, 0.29) is 6.54 Å². The molecule has 2 rings (SSSR count). The Balaban J connectivity index is 2.12. The molecule has 1 fully saturated rings. The van der Waals surface area contributed by atoms with Crippen LogP contribution in [0.25, 0.3) is 0 Å². The van der Waals surface area contributed by atoms with Gasteiger partial charge in [0, 0.05) is 4.88 Å². The molecule has 0 aliphatic carbocycles. The van der Waals surface area contributed by atoms with Crippen LogP contribution >= 0.6 is 11.3 Å². The van der Waals surface area contributed by atoms with Crippen LogP contribution in [-0.2, 0) is 9.59 Å². The Morgan fingerprint density at radius 1 is 1.43 bits per heavy atom. The Morgan fingerprint density at radius 2 is 2.09 bits per heavy atom. The van der Waals surface area contributed by atoms with E-state index in [1.807, 2.05) is 13.8 Å². The molecule has 2 N–H and O–H groups in total. The quantitative estimate of drug-likeness (QED) is 0.821. The molecule has 1 aliphatic rings. The molecule has 0 saturated carbocycles. The number of aryl methyl sites for hydroxylation is 1. The number of hydrogen-bond donors (Lipinski definition) is 2. The number of rotatable bonds is 4. The maximum Gasteiger partial charge on any atom is 0.325 e. The van der Waals surface area contributed by atoms with E-state index in [1.54, 1.807) is 13.8 Å². The van der Waals surface area contributed by atoms with Crippen molar-refractivity contribution in [3.63, 3.8) is 0 Å². The van der Waals surface area contributed by atoms with Gasteiger partial charge >= 0.3 is 6.03 Å². The van der Waals surface area contributed by atoms with Crippen molar-refractivity contribution >= 4 is 34.2 Å². The smallest absolute Gasteiger partial charge is 0.323 e. The van der Waals surface area contributed by atoms with Gasteiger partial charge in [-0.25, -0.2) is 4.79 Å². The molecule has 1 atom stereocenters. The molecule has 7 nitrogen and oxygen atoms in total. The normalized spacial score (nSPS) is 20.4. The first-order chi connectivity index (χ1) is 10.7. The fourth-order valence-corrected chi connectivity index (χ4v) is 3.32. The highest BCUT2D eigenvalue weighted by atomic mass is 32.1. The number of carbonyl (C=O) groups is 3. The molecule has 1 aliphatic heterocycles. The van der Waals surface area contributed by atoms with Crippen molar-refractivity contribution in [1.29, 1.82) is 5.26 Å². The molecule has 1 aromatic rings. The van der Waals surface area contributed by atoms with Gasteiger partial charge in [-0.1, -0.05) is 6.92 Å². The molecule has 1 saturated heterocycles. The average molecular weight is 334 g/mol. The van der Waals surface area contributed by atoms with Crippen molar-refractivity contribution in [1.82, 2.24) is 10.2 Å². The lowest BCUT2D eigenvalue weighted by atomic mass is 9.99. The van der Waals surface area contributed by atoms with E-state index in [1.165, 1.54) is 11.3 Å². The van der Waals surface area contributed by atoms with E-state index in [0.717, 1.165) is 15.3 Å². The van der Waals surface area contributed by atoms with Crippen molar-refractivity contribution < 1.29 is 14.4 Å². The summed E-state index contributed by atoms with van der Waals surface area (Å²) in [5.41, 5.74) is 0.267. The lowest BCUT2D eigenvalue weighted by Gasteiger charge is -2.19. The van der Waals surface area contributed by atoms with Crippen LogP contribution in [0.3, 0.4) is 0 Å². The molecular weight excluding hydrogens is 316 g/mol. The molecule has 23 heavy (non-hydrogen) atoms. The van der Waals surface area contributed by atoms with Crippen LogP contribution in [0, 0.1) is 25.2 Å². The van der Waals surface area contributed by atoms with E-state index < -0.39 is 23.4 Å². The standard InChI is InChI=1S/C15H18N4O3S/c1-5-15(4)13(21)19(14(22)18-15)7-11(20)17-12-10(6-16)8(2)9(3)23-12/h5,7H2,1-4H3,(H,17,20)(H,18,22)/t15-/m1/s1. The summed E-state index contributed by atoms with van der Waals surface area (Å²) in [6.07, 6.45) is 0.442. The van der Waals surface area contributed by atoms with Crippen LogP contribution in [-0.4, -0.2) is 34.8 Å². The summed E-state index contributed by atoms with van der Waals surface area (Å²) < 4.78 is 0. The van der Waals surface area contributed by atoms with E-state index in [0.29, 0.717) is 17.0 Å². The number of thiophene rings is 1. The van der Waals surface area contributed by atoms with Crippen LogP contribution in [0.15, 0.2) is 0 Å². The van der Waals surface area contributed by atoms with Crippen molar-refractivity contribution in [2.75, 3.05) is 11.9 Å². The highest BCUT2D eigenvalue weighted by Crippen LogP contribution is 2.31. The third kappa shape index (κ3) is 2.92. The van der Waals surface area contributed by atoms with Gasteiger partial charge in [-0.2, -0.15) is 5.26 Å². The van der Waals surface area contributed by atoms with Crippen molar-refractivity contribution in [2.24, 2.45) is 0 Å². The predicted molar refractivity (Wildman–Crippen MR) is 86.1 cm³/mol. The summed E-state index contributed by atoms with van der Waals surface area (Å²) in [6, 6.07) is 1.48. The Morgan fingerprint density at radius 3 is 2.61 bits per heavy atom. The fourth-order valence-electron chi connectivity index (χ4n) is 2.29. The second-order valence-corrected chi connectivity index (χ2v) is 6.88. The SMILES string of the molecule is CC[C@@]1(C)NC(=O)N(CC(=O)Nc2sc(C)c(C)c2C#N)C1=O. The number of nitriles is 1. The second-order valence-electron chi connectivity index (χ2n) is 5.65. The summed E-state index contributed by atoms with van der Waals surface area (Å²) in [6.45, 7) is 6.72. The van der Waals surface area contributed by atoms with Gasteiger partial charge in [0.1, 0.15) is 23.2 Å². The summed E-state index contributed by atoms with van der Waals surface area (Å²) in [5.74, 6) is -0.925. The number of hydrogen-bond acceptors (Lipinski definition) is 5. The van der Waals surface area contributed by atoms with Gasteiger partial charge in [0.05, 0.1) is 5.56 Å². The van der Waals surface area contributed by atoms with Crippen molar-refractivity contribution in [3.05, 3.63) is 16.0 Å². The van der Waals surface area contributed by atoms with E-state index in [4.69, 9.17) is 0 Å². The van der Waals surface area contributed by atoms with Gasteiger partial charge in [-0.05, 0) is 32.8 Å². The topological polar surface area (TPSA) is 102 Å². The molecule has 0 radical (unpaired) electrons. The summed E-state index contributed by atoms with van der Waals surface area (Å²) in [5, 5.41) is 14.8. The summed E-state index contributed by atoms with van der Waals surface area (Å²) in [7, 11) is 0. The van der Waals surface area contributed by atoms with Crippen LogP contribution in [0.4, 0.5) is 9.80 Å². The first-order valence-electron chi connectivity index (χ1n) is 7.17. The van der Waals surface area contributed by atoms with Gasteiger partial charge in [-0.15, -0.1) is 11.3 Å². The molecule has 8 heteroatoms. The van der Waals surface area contributed by atoms with E-state index >= 15 is 0 Å². The maximum atomic E-state index is 12.3. The molecule has 0 spiro atoms. The molecule has 0 unspecified atom stereocenters. The molecule has 1 aromatic heterocycles. The molecule has 0 bridgehead atoms. The molecule has 2 heterocycles. The Kier molecular flexibility index (Phi) is 4.43. The van der Waals surface area contributed by atoms with Gasteiger partial charge in [0.2, 0.25) is 5.91 Å². The predicted octanol–water partition coefficient (Wildman–Crippen LogP) is 1.90. The molecule has 4 amide bonds. The Bertz CT molecular complexity index is 734. The Labute approximate surface area is 138 Å². The summed E-state index contributed by atoms with van der Waals surface area (Å²) >= 11 is 1.30. The fraction of sp³-hybridized carbons (Fsp3) is 0.467. The number of carbonyl (C=O) groups excluding carboxylic acids is 3. The number of anilines is 1. The minimum Gasteiger partial charge on any atom is -0.323 e. The first-order valence-corrected chi connectivity index (χ1v) is 7.99. The number of urea groups is 1. The van der Waals surface area contributed by atoms with Crippen molar-refractivity contribution in [3.8, 4) is 6.07 Å². The van der Waals surface area contributed by atoms with Crippen LogP contribution in [0.2, 0.25) is 0 Å². The van der Waals surface area contributed by atoms with Crippen molar-refractivity contribution in [2.45, 2.75) is 39.7 Å². The zero-order valence-corrected chi connectivity index (χ0v) is 14.3. The highest BCUT2D eigenvalue weighted by molar-refractivity contribution is 7.16. The van der Waals surface area contributed by atoms with Gasteiger partial charge in [0.15, 0.2) is 0 Å². The van der Waals surface area contributed by atoms with Gasteiger partial charge in [-0.3, -0.25) is 14.5 Å². The van der Waals surface area contributed by atoms with Crippen LogP contribution in [0.5, 0.6) is 0 Å². The Hall–Kier alpha value is -2.40. The number of nitrogens with zero attached hydrogens (tertiary/aromatic N) is 2. The van der Waals surface area contributed by atoms with E-state index in [2.05, 4.69) is 16.7 Å². The largest absolute Gasteiger partial charge is 0.325 e. The third-order valence-corrected chi connectivity index (χ3v) is 5.23. The minimum atomic E-state index is -0.967. The zero-order chi connectivity index (χ0) is 17.4. The summed E-state index contributed by atoms with van der Waals surface area (Å²) in [4.78, 5) is 38.1. The molecular formula is C15H18N4O3S.